The van der Waals surface area contributed by atoms with Crippen LogP contribution in [-0.4, -0.2) is 56.4 Å². The van der Waals surface area contributed by atoms with Crippen LogP contribution in [-0.2, 0) is 22.6 Å². The lowest BCUT2D eigenvalue weighted by Crippen LogP contribution is -2.34. The average molecular weight is 485 g/mol. The van der Waals surface area contributed by atoms with Crippen LogP contribution in [0.4, 0.5) is 0 Å². The number of amides is 2. The molecule has 1 aliphatic rings. The van der Waals surface area contributed by atoms with Crippen LogP contribution < -0.4 is 24.4 Å². The van der Waals surface area contributed by atoms with Gasteiger partial charge in [-0.3, -0.25) is 14.8 Å². The molecule has 9 nitrogen and oxygen atoms in total. The Labute approximate surface area is 205 Å². The Bertz CT molecular complexity index is 1070. The van der Waals surface area contributed by atoms with Gasteiger partial charge in [-0.2, -0.15) is 0 Å². The number of hydrogen-bond donors (Lipinski definition) is 2. The highest BCUT2D eigenvalue weighted by Gasteiger charge is 2.21. The fraction of sp³-hybridized carbons (Fsp3) is 0.385. The quantitative estimate of drug-likeness (QED) is 0.218. The summed E-state index contributed by atoms with van der Waals surface area (Å²) in [4.78, 5) is 25.7. The predicted octanol–water partition coefficient (Wildman–Crippen LogP) is 3.37. The third-order valence-electron chi connectivity index (χ3n) is 5.82. The lowest BCUT2D eigenvalue weighted by molar-refractivity contribution is -0.129. The van der Waals surface area contributed by atoms with Crippen molar-refractivity contribution in [3.05, 3.63) is 53.1 Å². The van der Waals surface area contributed by atoms with Crippen LogP contribution in [0.2, 0.25) is 0 Å². The molecule has 188 valence electrons. The van der Waals surface area contributed by atoms with E-state index in [9.17, 15) is 9.59 Å². The number of benzene rings is 2. The minimum absolute atomic E-state index is 0.0726. The lowest BCUT2D eigenvalue weighted by atomic mass is 9.98. The Morgan fingerprint density at radius 2 is 1.66 bits per heavy atom. The number of carbonyl (C=O) groups excluding carboxylic acids is 2. The molecule has 0 atom stereocenters. The van der Waals surface area contributed by atoms with Crippen LogP contribution in [0.5, 0.6) is 23.0 Å². The molecule has 1 aliphatic heterocycles. The molecule has 3 rings (SSSR count). The number of hydroxylamine groups is 1. The number of fused-ring (bicyclic) bond motifs is 1. The van der Waals surface area contributed by atoms with Crippen molar-refractivity contribution in [3.63, 3.8) is 0 Å². The molecule has 2 aromatic rings. The molecule has 35 heavy (non-hydrogen) atoms. The maximum Gasteiger partial charge on any atom is 0.246 e. The molecule has 0 bridgehead atoms. The van der Waals surface area contributed by atoms with E-state index in [1.807, 2.05) is 18.2 Å². The Hall–Kier alpha value is -3.72. The smallest absolute Gasteiger partial charge is 0.246 e. The van der Waals surface area contributed by atoms with Gasteiger partial charge in [0.15, 0.2) is 23.0 Å². The lowest BCUT2D eigenvalue weighted by Gasteiger charge is -2.28. The van der Waals surface area contributed by atoms with Gasteiger partial charge in [-0.1, -0.05) is 6.07 Å². The second-order valence-electron chi connectivity index (χ2n) is 8.07. The summed E-state index contributed by atoms with van der Waals surface area (Å²) in [6.07, 6.45) is 5.56. The number of carbonyl (C=O) groups is 2. The van der Waals surface area contributed by atoms with Crippen LogP contribution >= 0.6 is 0 Å². The summed E-state index contributed by atoms with van der Waals surface area (Å²) in [5.41, 5.74) is 4.63. The van der Waals surface area contributed by atoms with Gasteiger partial charge in [-0.25, -0.2) is 5.48 Å². The molecule has 0 aromatic heterocycles. The van der Waals surface area contributed by atoms with Gasteiger partial charge in [0, 0.05) is 25.6 Å². The largest absolute Gasteiger partial charge is 0.493 e. The standard InChI is InChI=1S/C26H32N2O7/c1-32-22-14-18(7-9-21(22)35-13-5-4-6-25(29)27-31)8-10-26(30)28-12-11-19-15-23(33-2)24(34-3)16-20(19)17-28/h7-10,14-16,31H,4-6,11-13,17H2,1-3H3,(H,27,29). The Kier molecular flexibility index (Phi) is 9.37. The van der Waals surface area contributed by atoms with Gasteiger partial charge in [-0.05, 0) is 66.3 Å². The SMILES string of the molecule is COc1cc2c(cc1OC)CN(C(=O)C=Cc1ccc(OCCCCC(=O)NO)c(OC)c1)CC2. The van der Waals surface area contributed by atoms with Gasteiger partial charge in [0.05, 0.1) is 27.9 Å². The van der Waals surface area contributed by atoms with Gasteiger partial charge >= 0.3 is 0 Å². The number of methoxy groups -OCH3 is 3. The van der Waals surface area contributed by atoms with E-state index in [0.29, 0.717) is 55.5 Å². The molecule has 1 heterocycles. The first-order chi connectivity index (χ1) is 17.0. The minimum Gasteiger partial charge on any atom is -0.493 e. The normalized spacial score (nSPS) is 12.7. The molecule has 0 unspecified atom stereocenters. The monoisotopic (exact) mass is 484 g/mol. The van der Waals surface area contributed by atoms with Gasteiger partial charge in [0.1, 0.15) is 0 Å². The first-order valence-corrected chi connectivity index (χ1v) is 11.4. The summed E-state index contributed by atoms with van der Waals surface area (Å²) < 4.78 is 22.0. The predicted molar refractivity (Wildman–Crippen MR) is 130 cm³/mol. The molecule has 2 amide bonds. The fourth-order valence-corrected chi connectivity index (χ4v) is 3.88. The molecule has 0 saturated carbocycles. The Balaban J connectivity index is 1.58. The van der Waals surface area contributed by atoms with Crippen molar-refractivity contribution in [1.82, 2.24) is 10.4 Å². The Morgan fingerprint density at radius 3 is 2.34 bits per heavy atom. The molecular formula is C26H32N2O7. The maximum atomic E-state index is 12.8. The van der Waals surface area contributed by atoms with Gasteiger partial charge < -0.3 is 23.8 Å². The summed E-state index contributed by atoms with van der Waals surface area (Å²) >= 11 is 0. The third kappa shape index (κ3) is 6.89. The van der Waals surface area contributed by atoms with Crippen molar-refractivity contribution in [3.8, 4) is 23.0 Å². The van der Waals surface area contributed by atoms with Crippen molar-refractivity contribution >= 4 is 17.9 Å². The van der Waals surface area contributed by atoms with Gasteiger partial charge in [-0.15, -0.1) is 0 Å². The molecule has 9 heteroatoms. The van der Waals surface area contributed by atoms with E-state index in [-0.39, 0.29) is 12.3 Å². The van der Waals surface area contributed by atoms with E-state index in [0.717, 1.165) is 23.1 Å². The average Bonchev–Trinajstić information content (AvgIpc) is 2.90. The van der Waals surface area contributed by atoms with Crippen molar-refractivity contribution in [2.75, 3.05) is 34.5 Å². The second-order valence-corrected chi connectivity index (χ2v) is 8.07. The molecule has 0 aliphatic carbocycles. The van der Waals surface area contributed by atoms with E-state index >= 15 is 0 Å². The van der Waals surface area contributed by atoms with Crippen LogP contribution in [0.15, 0.2) is 36.4 Å². The number of unbranched alkanes of at least 4 members (excludes halogenated alkanes) is 1. The van der Waals surface area contributed by atoms with E-state index in [2.05, 4.69) is 0 Å². The minimum atomic E-state index is -0.415. The highest BCUT2D eigenvalue weighted by molar-refractivity contribution is 5.92. The highest BCUT2D eigenvalue weighted by atomic mass is 16.5. The van der Waals surface area contributed by atoms with E-state index in [1.54, 1.807) is 56.0 Å². The molecule has 2 N–H and O–H groups in total. The number of hydrogen-bond acceptors (Lipinski definition) is 7. The highest BCUT2D eigenvalue weighted by Crippen LogP contribution is 2.33. The first-order valence-electron chi connectivity index (χ1n) is 11.4. The number of nitrogens with one attached hydrogen (secondary N) is 1. The zero-order valence-corrected chi connectivity index (χ0v) is 20.3. The fourth-order valence-electron chi connectivity index (χ4n) is 3.88. The number of nitrogens with zero attached hydrogens (tertiary/aromatic N) is 1. The van der Waals surface area contributed by atoms with Gasteiger partial charge in [0.2, 0.25) is 11.8 Å². The van der Waals surface area contributed by atoms with Crippen molar-refractivity contribution in [2.45, 2.75) is 32.2 Å². The zero-order valence-electron chi connectivity index (χ0n) is 20.3. The van der Waals surface area contributed by atoms with Crippen molar-refractivity contribution in [2.24, 2.45) is 0 Å². The zero-order chi connectivity index (χ0) is 25.2. The molecule has 0 radical (unpaired) electrons. The summed E-state index contributed by atoms with van der Waals surface area (Å²) in [6, 6.07) is 9.36. The second kappa shape index (κ2) is 12.7. The third-order valence-corrected chi connectivity index (χ3v) is 5.82. The summed E-state index contributed by atoms with van der Waals surface area (Å²) in [6.45, 7) is 1.55. The van der Waals surface area contributed by atoms with Crippen LogP contribution in [0, 0.1) is 0 Å². The molecule has 0 fully saturated rings. The number of rotatable bonds is 11. The van der Waals surface area contributed by atoms with Crippen LogP contribution in [0.1, 0.15) is 36.0 Å². The van der Waals surface area contributed by atoms with E-state index < -0.39 is 5.91 Å². The summed E-state index contributed by atoms with van der Waals surface area (Å²) in [5.74, 6) is 2.00. The summed E-state index contributed by atoms with van der Waals surface area (Å²) in [5, 5.41) is 8.51. The van der Waals surface area contributed by atoms with Gasteiger partial charge in [0.25, 0.3) is 0 Å². The first kappa shape index (κ1) is 25.9. The number of ether oxygens (including phenoxy) is 4. The maximum absolute atomic E-state index is 12.8. The summed E-state index contributed by atoms with van der Waals surface area (Å²) in [7, 11) is 4.77. The molecule has 2 aromatic carbocycles. The van der Waals surface area contributed by atoms with Crippen molar-refractivity contribution < 1.29 is 33.7 Å². The van der Waals surface area contributed by atoms with Crippen LogP contribution in [0.3, 0.4) is 0 Å². The van der Waals surface area contributed by atoms with Crippen molar-refractivity contribution in [1.29, 1.82) is 0 Å². The molecule has 0 spiro atoms. The van der Waals surface area contributed by atoms with Crippen LogP contribution in [0.25, 0.3) is 6.08 Å². The molecular weight excluding hydrogens is 452 g/mol. The topological polar surface area (TPSA) is 107 Å². The Morgan fingerprint density at radius 1 is 0.971 bits per heavy atom. The van der Waals surface area contributed by atoms with E-state index in [4.69, 9.17) is 24.2 Å². The molecule has 0 saturated heterocycles. The van der Waals surface area contributed by atoms with E-state index in [1.165, 1.54) is 0 Å².